The highest BCUT2D eigenvalue weighted by Gasteiger charge is 2.10. The highest BCUT2D eigenvalue weighted by atomic mass is 32.1. The Morgan fingerprint density at radius 2 is 2.21 bits per heavy atom. The van der Waals surface area contributed by atoms with Gasteiger partial charge in [0.15, 0.2) is 6.61 Å². The molecule has 1 aromatic heterocycles. The Balaban J connectivity index is 2.05. The van der Waals surface area contributed by atoms with E-state index in [1.807, 2.05) is 18.2 Å². The molecule has 0 unspecified atom stereocenters. The van der Waals surface area contributed by atoms with Gasteiger partial charge in [-0.2, -0.15) is 0 Å². The molecule has 5 heteroatoms. The van der Waals surface area contributed by atoms with E-state index in [0.717, 1.165) is 4.86 Å². The van der Waals surface area contributed by atoms with E-state index in [2.05, 4.69) is 21.8 Å². The van der Waals surface area contributed by atoms with E-state index >= 15 is 0 Å². The molecule has 1 heterocycles. The number of hydrogen-bond acceptors (Lipinski definition) is 5. The van der Waals surface area contributed by atoms with E-state index in [4.69, 9.17) is 21.7 Å². The van der Waals surface area contributed by atoms with Crippen LogP contribution in [-0.2, 0) is 0 Å². The molecule has 19 heavy (non-hydrogen) atoms. The lowest BCUT2D eigenvalue weighted by Crippen LogP contribution is -2.09. The summed E-state index contributed by atoms with van der Waals surface area (Å²) in [6, 6.07) is 1.61. The van der Waals surface area contributed by atoms with Crippen LogP contribution in [0, 0.1) is 11.8 Å². The average Bonchev–Trinajstić information content (AvgIpc) is 2.42. The van der Waals surface area contributed by atoms with Crippen molar-refractivity contribution in [3.8, 4) is 23.6 Å². The molecule has 0 amide bonds. The van der Waals surface area contributed by atoms with E-state index in [-0.39, 0.29) is 6.61 Å². The fourth-order valence-electron chi connectivity index (χ4n) is 1.37. The van der Waals surface area contributed by atoms with Crippen LogP contribution in [0.15, 0.2) is 36.4 Å². The predicted octanol–water partition coefficient (Wildman–Crippen LogP) is 2.47. The average molecular weight is 272 g/mol. The molecular weight excluding hydrogens is 260 g/mol. The zero-order chi connectivity index (χ0) is 13.5. The SMILES string of the molecule is CC#CCOc1cc(OC2=CC=CCC2=S)ncn1. The molecule has 4 nitrogen and oxygen atoms in total. The largest absolute Gasteiger partial charge is 0.464 e. The van der Waals surface area contributed by atoms with Gasteiger partial charge in [0.05, 0.1) is 10.9 Å². The molecule has 0 bridgehead atoms. The summed E-state index contributed by atoms with van der Waals surface area (Å²) in [5.74, 6) is 6.99. The van der Waals surface area contributed by atoms with E-state index < -0.39 is 0 Å². The first-order valence-corrected chi connectivity index (χ1v) is 6.13. The highest BCUT2D eigenvalue weighted by Crippen LogP contribution is 2.18. The molecule has 0 saturated carbocycles. The summed E-state index contributed by atoms with van der Waals surface area (Å²) >= 11 is 5.21. The number of nitrogens with zero attached hydrogens (tertiary/aromatic N) is 2. The molecule has 2 rings (SSSR count). The molecular formula is C14H12N2O2S. The van der Waals surface area contributed by atoms with Crippen molar-refractivity contribution < 1.29 is 9.47 Å². The van der Waals surface area contributed by atoms with Crippen LogP contribution in [0.2, 0.25) is 0 Å². The monoisotopic (exact) mass is 272 g/mol. The molecule has 0 atom stereocenters. The fourth-order valence-corrected chi connectivity index (χ4v) is 1.57. The second kappa shape index (κ2) is 6.66. The van der Waals surface area contributed by atoms with Crippen molar-refractivity contribution in [3.63, 3.8) is 0 Å². The van der Waals surface area contributed by atoms with E-state index in [9.17, 15) is 0 Å². The van der Waals surface area contributed by atoms with Gasteiger partial charge in [-0.1, -0.05) is 30.3 Å². The minimum atomic E-state index is 0.288. The van der Waals surface area contributed by atoms with Gasteiger partial charge in [-0.25, -0.2) is 9.97 Å². The first kappa shape index (κ1) is 13.2. The Morgan fingerprint density at radius 1 is 1.37 bits per heavy atom. The standard InChI is InChI=1S/C14H12N2O2S/c1-2-3-8-17-13-9-14(16-10-15-13)18-11-6-4-5-7-12(11)19/h4-6,9-10H,7-8H2,1H3. The Labute approximate surface area is 117 Å². The molecule has 1 aliphatic carbocycles. The van der Waals surface area contributed by atoms with Crippen molar-refractivity contribution in [1.29, 1.82) is 0 Å². The molecule has 0 aromatic carbocycles. The topological polar surface area (TPSA) is 44.2 Å². The van der Waals surface area contributed by atoms with Crippen molar-refractivity contribution in [3.05, 3.63) is 36.4 Å². The van der Waals surface area contributed by atoms with Crippen molar-refractivity contribution in [1.82, 2.24) is 9.97 Å². The zero-order valence-corrected chi connectivity index (χ0v) is 11.2. The lowest BCUT2D eigenvalue weighted by Gasteiger charge is -2.11. The number of rotatable bonds is 4. The Kier molecular flexibility index (Phi) is 4.65. The number of thiocarbonyl (C=S) groups is 1. The third-order valence-corrected chi connectivity index (χ3v) is 2.63. The van der Waals surface area contributed by atoms with Crippen molar-refractivity contribution in [2.45, 2.75) is 13.3 Å². The van der Waals surface area contributed by atoms with Gasteiger partial charge in [-0.05, 0) is 13.0 Å². The molecule has 0 saturated heterocycles. The Hall–Kier alpha value is -2.19. The summed E-state index contributed by atoms with van der Waals surface area (Å²) < 4.78 is 10.9. The van der Waals surface area contributed by atoms with E-state index in [1.165, 1.54) is 6.33 Å². The van der Waals surface area contributed by atoms with Gasteiger partial charge in [-0.3, -0.25) is 0 Å². The smallest absolute Gasteiger partial charge is 0.226 e. The van der Waals surface area contributed by atoms with E-state index in [1.54, 1.807) is 13.0 Å². The Bertz CT molecular complexity index is 597. The summed E-state index contributed by atoms with van der Waals surface area (Å²) in [6.07, 6.45) is 7.79. The summed E-state index contributed by atoms with van der Waals surface area (Å²) in [4.78, 5) is 8.75. The molecule has 0 spiro atoms. The van der Waals surface area contributed by atoms with Gasteiger partial charge in [0, 0.05) is 6.42 Å². The normalized spacial score (nSPS) is 13.3. The number of ether oxygens (including phenoxy) is 2. The van der Waals surface area contributed by atoms with Crippen LogP contribution in [-0.4, -0.2) is 21.4 Å². The Morgan fingerprint density at radius 3 is 3.00 bits per heavy atom. The van der Waals surface area contributed by atoms with Crippen LogP contribution in [0.25, 0.3) is 0 Å². The summed E-state index contributed by atoms with van der Waals surface area (Å²) in [6.45, 7) is 2.04. The van der Waals surface area contributed by atoms with Crippen molar-refractivity contribution in [2.24, 2.45) is 0 Å². The van der Waals surface area contributed by atoms with Crippen LogP contribution in [0.3, 0.4) is 0 Å². The molecule has 1 aliphatic rings. The number of aromatic nitrogens is 2. The first-order valence-electron chi connectivity index (χ1n) is 5.72. The third kappa shape index (κ3) is 3.90. The molecule has 0 fully saturated rings. The van der Waals surface area contributed by atoms with Crippen LogP contribution < -0.4 is 9.47 Å². The minimum absolute atomic E-state index is 0.288. The van der Waals surface area contributed by atoms with Gasteiger partial charge in [-0.15, -0.1) is 5.92 Å². The molecule has 1 aromatic rings. The second-order valence-electron chi connectivity index (χ2n) is 3.60. The summed E-state index contributed by atoms with van der Waals surface area (Å²) in [7, 11) is 0. The van der Waals surface area contributed by atoms with Gasteiger partial charge in [0.25, 0.3) is 0 Å². The highest BCUT2D eigenvalue weighted by molar-refractivity contribution is 7.80. The minimum Gasteiger partial charge on any atom is -0.464 e. The first-order chi connectivity index (χ1) is 9.29. The summed E-state index contributed by atoms with van der Waals surface area (Å²) in [5.41, 5.74) is 0. The van der Waals surface area contributed by atoms with Gasteiger partial charge >= 0.3 is 0 Å². The fraction of sp³-hybridized carbons (Fsp3) is 0.214. The molecule has 0 N–H and O–H groups in total. The van der Waals surface area contributed by atoms with Crippen LogP contribution in [0.5, 0.6) is 11.8 Å². The maximum atomic E-state index is 5.62. The number of hydrogen-bond donors (Lipinski definition) is 0. The number of allylic oxidation sites excluding steroid dienone is 4. The van der Waals surface area contributed by atoms with Crippen molar-refractivity contribution in [2.75, 3.05) is 6.61 Å². The lowest BCUT2D eigenvalue weighted by atomic mass is 10.1. The van der Waals surface area contributed by atoms with Gasteiger partial charge < -0.3 is 9.47 Å². The second-order valence-corrected chi connectivity index (χ2v) is 4.09. The molecule has 96 valence electrons. The molecule has 0 radical (unpaired) electrons. The van der Waals surface area contributed by atoms with Gasteiger partial charge in [0.2, 0.25) is 11.8 Å². The molecule has 0 aliphatic heterocycles. The van der Waals surface area contributed by atoms with Crippen LogP contribution in [0.1, 0.15) is 13.3 Å². The predicted molar refractivity (Wildman–Crippen MR) is 76.0 cm³/mol. The quantitative estimate of drug-likeness (QED) is 0.622. The third-order valence-electron chi connectivity index (χ3n) is 2.26. The maximum Gasteiger partial charge on any atom is 0.226 e. The van der Waals surface area contributed by atoms with Gasteiger partial charge in [0.1, 0.15) is 12.1 Å². The lowest BCUT2D eigenvalue weighted by molar-refractivity contribution is 0.348. The van der Waals surface area contributed by atoms with E-state index in [0.29, 0.717) is 23.9 Å². The van der Waals surface area contributed by atoms with Crippen LogP contribution >= 0.6 is 12.2 Å². The van der Waals surface area contributed by atoms with Crippen LogP contribution in [0.4, 0.5) is 0 Å². The summed E-state index contributed by atoms with van der Waals surface area (Å²) in [5, 5.41) is 0. The van der Waals surface area contributed by atoms with Crippen molar-refractivity contribution >= 4 is 17.1 Å². The zero-order valence-electron chi connectivity index (χ0n) is 10.4. The maximum absolute atomic E-state index is 5.62.